The lowest BCUT2D eigenvalue weighted by molar-refractivity contribution is -0.136. The molecule has 0 spiro atoms. The van der Waals surface area contributed by atoms with Crippen LogP contribution in [-0.2, 0) is 19.1 Å². The van der Waals surface area contributed by atoms with E-state index in [-0.39, 0.29) is 25.5 Å². The van der Waals surface area contributed by atoms with Crippen molar-refractivity contribution in [2.24, 2.45) is 4.99 Å². The van der Waals surface area contributed by atoms with Gasteiger partial charge in [-0.05, 0) is 23.8 Å². The van der Waals surface area contributed by atoms with Crippen LogP contribution in [0, 0.1) is 5.82 Å². The lowest BCUT2D eigenvalue weighted by atomic mass is 10.0. The molecule has 2 aromatic rings. The Bertz CT molecular complexity index is 1150. The zero-order valence-corrected chi connectivity index (χ0v) is 17.1. The van der Waals surface area contributed by atoms with Crippen molar-refractivity contribution in [2.75, 3.05) is 24.5 Å². The molecule has 2 heterocycles. The maximum absolute atomic E-state index is 14.9. The smallest absolute Gasteiger partial charge is 0.414 e. The molecule has 1 atom stereocenters. The lowest BCUT2D eigenvalue weighted by Gasteiger charge is -2.15. The molecule has 10 heteroatoms. The summed E-state index contributed by atoms with van der Waals surface area (Å²) in [5.74, 6) is -1.77. The third kappa shape index (κ3) is 4.34. The predicted molar refractivity (Wildman–Crippen MR) is 113 cm³/mol. The van der Waals surface area contributed by atoms with Crippen LogP contribution in [-0.4, -0.2) is 55.3 Å². The molecule has 0 aliphatic carbocycles. The average molecular weight is 438 g/mol. The number of amidine groups is 1. The van der Waals surface area contributed by atoms with Crippen LogP contribution in [0.1, 0.15) is 12.5 Å². The average Bonchev–Trinajstić information content (AvgIpc) is 3.15. The predicted octanol–water partition coefficient (Wildman–Crippen LogP) is 1.40. The van der Waals surface area contributed by atoms with Gasteiger partial charge in [0.15, 0.2) is 0 Å². The van der Waals surface area contributed by atoms with E-state index >= 15 is 0 Å². The van der Waals surface area contributed by atoms with Gasteiger partial charge < -0.3 is 15.4 Å². The summed E-state index contributed by atoms with van der Waals surface area (Å²) in [6.07, 6.45) is -1.12. The van der Waals surface area contributed by atoms with Crippen molar-refractivity contribution >= 4 is 35.2 Å². The SMILES string of the molecule is CC(=O)NC[C@H]1CN(c2ccc(-c3ccc(C4=NCC(=O)C(=O)N4)cc3)c(F)c2)C(=O)O1. The highest BCUT2D eigenvalue weighted by Crippen LogP contribution is 2.29. The van der Waals surface area contributed by atoms with Gasteiger partial charge in [-0.25, -0.2) is 9.18 Å². The highest BCUT2D eigenvalue weighted by atomic mass is 19.1. The number of anilines is 1. The summed E-state index contributed by atoms with van der Waals surface area (Å²) in [5.41, 5.74) is 1.86. The number of nitrogens with zero attached hydrogens (tertiary/aromatic N) is 2. The number of nitrogens with one attached hydrogen (secondary N) is 2. The van der Waals surface area contributed by atoms with Crippen molar-refractivity contribution < 1.29 is 28.3 Å². The number of benzene rings is 2. The molecule has 2 aliphatic heterocycles. The van der Waals surface area contributed by atoms with E-state index in [9.17, 15) is 23.6 Å². The first-order valence-corrected chi connectivity index (χ1v) is 9.83. The number of hydrogen-bond donors (Lipinski definition) is 2. The summed E-state index contributed by atoms with van der Waals surface area (Å²) in [6.45, 7) is 1.55. The van der Waals surface area contributed by atoms with Crippen molar-refractivity contribution in [1.29, 1.82) is 0 Å². The van der Waals surface area contributed by atoms with Crippen molar-refractivity contribution in [3.63, 3.8) is 0 Å². The van der Waals surface area contributed by atoms with E-state index in [1.807, 2.05) is 0 Å². The minimum atomic E-state index is -0.708. The first-order chi connectivity index (χ1) is 15.3. The van der Waals surface area contributed by atoms with E-state index in [0.717, 1.165) is 0 Å². The normalized spacial score (nSPS) is 18.2. The molecule has 4 rings (SSSR count). The molecular formula is C22H19FN4O5. The molecule has 0 unspecified atom stereocenters. The van der Waals surface area contributed by atoms with E-state index in [2.05, 4.69) is 15.6 Å². The van der Waals surface area contributed by atoms with Crippen LogP contribution in [0.15, 0.2) is 47.5 Å². The monoisotopic (exact) mass is 438 g/mol. The molecule has 0 bridgehead atoms. The van der Waals surface area contributed by atoms with Crippen molar-refractivity contribution in [3.8, 4) is 11.1 Å². The highest BCUT2D eigenvalue weighted by molar-refractivity contribution is 6.42. The van der Waals surface area contributed by atoms with E-state index in [0.29, 0.717) is 28.2 Å². The van der Waals surface area contributed by atoms with Crippen molar-refractivity contribution in [3.05, 3.63) is 53.8 Å². The fraction of sp³-hybridized carbons (Fsp3) is 0.227. The van der Waals surface area contributed by atoms with Crippen LogP contribution in [0.4, 0.5) is 14.9 Å². The maximum Gasteiger partial charge on any atom is 0.414 e. The summed E-state index contributed by atoms with van der Waals surface area (Å²) < 4.78 is 20.1. The molecule has 3 amide bonds. The van der Waals surface area contributed by atoms with Gasteiger partial charge in [0.25, 0.3) is 5.91 Å². The summed E-state index contributed by atoms with van der Waals surface area (Å²) >= 11 is 0. The Morgan fingerprint density at radius 2 is 1.91 bits per heavy atom. The van der Waals surface area contributed by atoms with E-state index in [4.69, 9.17) is 4.74 Å². The Morgan fingerprint density at radius 1 is 1.19 bits per heavy atom. The molecule has 1 fully saturated rings. The molecule has 2 aromatic carbocycles. The molecule has 2 aliphatic rings. The van der Waals surface area contributed by atoms with Gasteiger partial charge in [-0.3, -0.25) is 24.3 Å². The second-order valence-corrected chi connectivity index (χ2v) is 7.34. The summed E-state index contributed by atoms with van der Waals surface area (Å²) in [5, 5.41) is 5.02. The largest absolute Gasteiger partial charge is 0.442 e. The Hall–Kier alpha value is -4.08. The van der Waals surface area contributed by atoms with Crippen LogP contribution in [0.5, 0.6) is 0 Å². The van der Waals surface area contributed by atoms with Crippen LogP contribution in [0.2, 0.25) is 0 Å². The summed E-state index contributed by atoms with van der Waals surface area (Å²) in [7, 11) is 0. The quantitative estimate of drug-likeness (QED) is 0.685. The number of hydrogen-bond acceptors (Lipinski definition) is 6. The Kier molecular flexibility index (Phi) is 5.67. The van der Waals surface area contributed by atoms with Gasteiger partial charge in [-0.2, -0.15) is 0 Å². The molecule has 164 valence electrons. The number of carbonyl (C=O) groups excluding carboxylic acids is 4. The fourth-order valence-corrected chi connectivity index (χ4v) is 3.41. The van der Waals surface area contributed by atoms with Gasteiger partial charge in [0.1, 0.15) is 24.3 Å². The Balaban J connectivity index is 1.49. The third-order valence-electron chi connectivity index (χ3n) is 5.05. The highest BCUT2D eigenvalue weighted by Gasteiger charge is 2.32. The Morgan fingerprint density at radius 3 is 2.56 bits per heavy atom. The van der Waals surface area contributed by atoms with Crippen LogP contribution < -0.4 is 15.5 Å². The first-order valence-electron chi connectivity index (χ1n) is 9.83. The number of amides is 3. The lowest BCUT2D eigenvalue weighted by Crippen LogP contribution is -2.42. The van der Waals surface area contributed by atoms with Crippen molar-refractivity contribution in [2.45, 2.75) is 13.0 Å². The molecule has 0 radical (unpaired) electrons. The van der Waals surface area contributed by atoms with Gasteiger partial charge in [0, 0.05) is 18.1 Å². The number of rotatable bonds is 5. The molecule has 1 saturated heterocycles. The number of Topliss-reactive ketones (excluding diaryl/α,β-unsaturated/α-hetero) is 1. The van der Waals surface area contributed by atoms with Gasteiger partial charge in [-0.15, -0.1) is 0 Å². The van der Waals surface area contributed by atoms with Crippen molar-refractivity contribution in [1.82, 2.24) is 10.6 Å². The fourth-order valence-electron chi connectivity index (χ4n) is 3.41. The number of ketones is 1. The number of carbonyl (C=O) groups is 4. The molecule has 32 heavy (non-hydrogen) atoms. The second-order valence-electron chi connectivity index (χ2n) is 7.34. The van der Waals surface area contributed by atoms with Gasteiger partial charge in [0.2, 0.25) is 11.7 Å². The molecule has 2 N–H and O–H groups in total. The van der Waals surface area contributed by atoms with E-state index in [1.165, 1.54) is 17.9 Å². The van der Waals surface area contributed by atoms with E-state index < -0.39 is 29.7 Å². The zero-order valence-electron chi connectivity index (χ0n) is 17.1. The van der Waals surface area contributed by atoms with Gasteiger partial charge in [0.05, 0.1) is 18.8 Å². The molecule has 0 aromatic heterocycles. The minimum absolute atomic E-state index is 0.185. The maximum atomic E-state index is 14.9. The second kappa shape index (κ2) is 8.58. The number of ether oxygens (including phenoxy) is 1. The third-order valence-corrected chi connectivity index (χ3v) is 5.05. The van der Waals surface area contributed by atoms with Crippen LogP contribution >= 0.6 is 0 Å². The standard InChI is InChI=1S/C22H19FN4O5/c1-12(28)24-9-16-11-27(22(31)32-16)15-6-7-17(18(23)8-15)13-2-4-14(5-3-13)20-25-10-19(29)21(30)26-20/h2-8,16H,9-11H2,1H3,(H,24,28)(H,25,26,30)/t16-/m0/s1. The number of cyclic esters (lactones) is 1. The van der Waals surface area contributed by atoms with E-state index in [1.54, 1.807) is 36.4 Å². The first kappa shape index (κ1) is 21.2. The van der Waals surface area contributed by atoms with Crippen LogP contribution in [0.3, 0.4) is 0 Å². The Labute approximate surface area is 182 Å². The molecular weight excluding hydrogens is 419 g/mol. The van der Waals surface area contributed by atoms with Gasteiger partial charge in [-0.1, -0.05) is 24.3 Å². The minimum Gasteiger partial charge on any atom is -0.442 e. The number of aliphatic imine (C=N–C) groups is 1. The summed E-state index contributed by atoms with van der Waals surface area (Å²) in [4.78, 5) is 51.3. The molecule has 9 nitrogen and oxygen atoms in total. The number of halogens is 1. The molecule has 0 saturated carbocycles. The van der Waals surface area contributed by atoms with Gasteiger partial charge >= 0.3 is 6.09 Å². The zero-order chi connectivity index (χ0) is 22.8. The topological polar surface area (TPSA) is 117 Å². The van der Waals surface area contributed by atoms with Crippen LogP contribution in [0.25, 0.3) is 11.1 Å². The summed E-state index contributed by atoms with van der Waals surface area (Å²) in [6, 6.07) is 11.1.